The van der Waals surface area contributed by atoms with Crippen LogP contribution in [0.5, 0.6) is 0 Å². The topological polar surface area (TPSA) is 169 Å². The number of aliphatic hydroxyl groups is 6. The van der Waals surface area contributed by atoms with E-state index in [1.165, 1.54) is 122 Å². The van der Waals surface area contributed by atoms with Crippen LogP contribution in [-0.4, -0.2) is 98.7 Å². The second-order valence-electron chi connectivity index (χ2n) is 15.6. The quantitative estimate of drug-likeness (QED) is 0.0250. The zero-order valence-corrected chi connectivity index (χ0v) is 34.3. The number of hydrogen-bond acceptors (Lipinski definition) is 9. The Hall–Kier alpha value is -1.37. The van der Waals surface area contributed by atoms with E-state index in [4.69, 9.17) is 9.47 Å². The van der Waals surface area contributed by atoms with Gasteiger partial charge >= 0.3 is 0 Å². The molecule has 0 spiro atoms. The summed E-state index contributed by atoms with van der Waals surface area (Å²) in [6.07, 6.45) is 29.8. The van der Waals surface area contributed by atoms with Crippen molar-refractivity contribution < 1.29 is 44.9 Å². The van der Waals surface area contributed by atoms with Crippen LogP contribution in [0.2, 0.25) is 0 Å². The average molecular weight is 770 g/mol. The van der Waals surface area contributed by atoms with Gasteiger partial charge in [-0.3, -0.25) is 4.79 Å². The SMILES string of the molecule is CCCCCCCCCC=CCC/C=C/[C@@H](O)[C@H](CO[C@@H]1O[C@H](CO)[C@@H](O)[C@H](O)[C@H]1O)NC(=O)[C@H](O)CCCCCCCCCCCCCCCCCC. The van der Waals surface area contributed by atoms with Gasteiger partial charge < -0.3 is 45.4 Å². The normalized spacial score (nSPS) is 22.3. The Morgan fingerprint density at radius 2 is 1.09 bits per heavy atom. The Labute approximate surface area is 329 Å². The molecule has 0 aromatic heterocycles. The van der Waals surface area contributed by atoms with E-state index in [9.17, 15) is 35.4 Å². The summed E-state index contributed by atoms with van der Waals surface area (Å²) in [6.45, 7) is 3.57. The summed E-state index contributed by atoms with van der Waals surface area (Å²) in [6, 6.07) is -0.991. The molecule has 10 heteroatoms. The highest BCUT2D eigenvalue weighted by Crippen LogP contribution is 2.22. The van der Waals surface area contributed by atoms with Crippen LogP contribution in [0.1, 0.15) is 187 Å². The van der Waals surface area contributed by atoms with Gasteiger partial charge in [0.15, 0.2) is 6.29 Å². The number of allylic oxidation sites excluding steroid dienone is 3. The van der Waals surface area contributed by atoms with Crippen LogP contribution in [-0.2, 0) is 14.3 Å². The molecule has 1 aliphatic rings. The smallest absolute Gasteiger partial charge is 0.249 e. The number of rotatable bonds is 36. The Kier molecular flexibility index (Phi) is 32.7. The van der Waals surface area contributed by atoms with Crippen LogP contribution in [0.25, 0.3) is 0 Å². The maximum absolute atomic E-state index is 13.0. The molecule has 1 fully saturated rings. The second-order valence-corrected chi connectivity index (χ2v) is 15.6. The molecule has 0 aromatic carbocycles. The number of unbranched alkanes of at least 4 members (excludes halogenated alkanes) is 23. The van der Waals surface area contributed by atoms with E-state index in [0.717, 1.165) is 32.1 Å². The van der Waals surface area contributed by atoms with Crippen LogP contribution in [0, 0.1) is 0 Å². The Morgan fingerprint density at radius 3 is 1.61 bits per heavy atom. The number of carbonyl (C=O) groups is 1. The zero-order chi connectivity index (χ0) is 39.7. The van der Waals surface area contributed by atoms with Crippen molar-refractivity contribution in [3.8, 4) is 0 Å². The molecule has 8 atom stereocenters. The molecule has 318 valence electrons. The van der Waals surface area contributed by atoms with Crippen LogP contribution < -0.4 is 5.32 Å². The molecular formula is C44H83NO9. The molecule has 0 bridgehead atoms. The van der Waals surface area contributed by atoms with Gasteiger partial charge in [-0.25, -0.2) is 0 Å². The van der Waals surface area contributed by atoms with Gasteiger partial charge in [-0.15, -0.1) is 0 Å². The molecule has 0 saturated carbocycles. The highest BCUT2D eigenvalue weighted by atomic mass is 16.7. The molecule has 1 heterocycles. The van der Waals surface area contributed by atoms with Crippen molar-refractivity contribution >= 4 is 5.91 Å². The molecule has 0 radical (unpaired) electrons. The average Bonchev–Trinajstić information content (AvgIpc) is 3.17. The summed E-state index contributed by atoms with van der Waals surface area (Å²) < 4.78 is 11.1. The van der Waals surface area contributed by atoms with E-state index in [-0.39, 0.29) is 6.61 Å². The van der Waals surface area contributed by atoms with Crippen molar-refractivity contribution in [3.63, 3.8) is 0 Å². The molecule has 54 heavy (non-hydrogen) atoms. The van der Waals surface area contributed by atoms with E-state index in [0.29, 0.717) is 19.3 Å². The van der Waals surface area contributed by atoms with Crippen LogP contribution >= 0.6 is 0 Å². The lowest BCUT2D eigenvalue weighted by Crippen LogP contribution is -2.60. The highest BCUT2D eigenvalue weighted by molar-refractivity contribution is 5.80. The number of carbonyl (C=O) groups excluding carboxylic acids is 1. The van der Waals surface area contributed by atoms with Crippen LogP contribution in [0.3, 0.4) is 0 Å². The van der Waals surface area contributed by atoms with Crippen LogP contribution in [0.4, 0.5) is 0 Å². The highest BCUT2D eigenvalue weighted by Gasteiger charge is 2.44. The van der Waals surface area contributed by atoms with E-state index < -0.39 is 61.5 Å². The number of nitrogens with one attached hydrogen (secondary N) is 1. The Bertz CT molecular complexity index is 916. The number of aliphatic hydroxyl groups excluding tert-OH is 6. The van der Waals surface area contributed by atoms with Crippen molar-refractivity contribution in [2.75, 3.05) is 13.2 Å². The summed E-state index contributed by atoms with van der Waals surface area (Å²) in [5.41, 5.74) is 0. The Morgan fingerprint density at radius 1 is 0.630 bits per heavy atom. The van der Waals surface area contributed by atoms with Crippen molar-refractivity contribution in [2.45, 2.75) is 236 Å². The lowest BCUT2D eigenvalue weighted by molar-refractivity contribution is -0.302. The molecule has 1 aliphatic heterocycles. The lowest BCUT2D eigenvalue weighted by Gasteiger charge is -2.40. The third-order valence-corrected chi connectivity index (χ3v) is 10.6. The first kappa shape index (κ1) is 50.6. The molecule has 0 unspecified atom stereocenters. The van der Waals surface area contributed by atoms with Crippen molar-refractivity contribution in [3.05, 3.63) is 24.3 Å². The second kappa shape index (κ2) is 34.8. The minimum atomic E-state index is -1.61. The first-order valence-corrected chi connectivity index (χ1v) is 22.2. The zero-order valence-electron chi connectivity index (χ0n) is 34.3. The number of amides is 1. The third kappa shape index (κ3) is 25.0. The maximum Gasteiger partial charge on any atom is 0.249 e. The molecule has 1 rings (SSSR count). The van der Waals surface area contributed by atoms with E-state index in [2.05, 4.69) is 31.3 Å². The summed E-state index contributed by atoms with van der Waals surface area (Å²) >= 11 is 0. The molecule has 7 N–H and O–H groups in total. The summed E-state index contributed by atoms with van der Waals surface area (Å²) in [5.74, 6) is -0.626. The van der Waals surface area contributed by atoms with Gasteiger partial charge in [0.25, 0.3) is 0 Å². The largest absolute Gasteiger partial charge is 0.394 e. The van der Waals surface area contributed by atoms with Crippen molar-refractivity contribution in [1.82, 2.24) is 5.32 Å². The van der Waals surface area contributed by atoms with Gasteiger partial charge in [-0.1, -0.05) is 179 Å². The number of hydrogen-bond donors (Lipinski definition) is 7. The maximum atomic E-state index is 13.0. The Balaban J connectivity index is 2.45. The third-order valence-electron chi connectivity index (χ3n) is 10.6. The summed E-state index contributed by atoms with van der Waals surface area (Å²) in [4.78, 5) is 13.0. The summed E-state index contributed by atoms with van der Waals surface area (Å²) in [5, 5.41) is 64.5. The fraction of sp³-hybridized carbons (Fsp3) is 0.886. The summed E-state index contributed by atoms with van der Waals surface area (Å²) in [7, 11) is 0. The van der Waals surface area contributed by atoms with Gasteiger partial charge in [0.2, 0.25) is 5.91 Å². The van der Waals surface area contributed by atoms with Gasteiger partial charge in [-0.2, -0.15) is 0 Å². The molecule has 0 aromatic rings. The first-order valence-electron chi connectivity index (χ1n) is 22.2. The standard InChI is InChI=1S/C44H83NO9/c1-3-5-7-9-11-13-15-17-18-19-21-23-25-27-29-31-33-38(48)43(52)45-36(35-53-44-42(51)41(50)40(49)39(34-46)54-44)37(47)32-30-28-26-24-22-20-16-14-12-10-8-6-4-2/h22,24,30,32,36-42,44,46-51H,3-21,23,25-29,31,33-35H2,1-2H3,(H,45,52)/b24-22?,32-30+/t36-,37+,38+,39+,40+,41-,42+,44+/m0/s1. The molecule has 0 aliphatic carbocycles. The predicted molar refractivity (Wildman–Crippen MR) is 218 cm³/mol. The number of ether oxygens (including phenoxy) is 2. The van der Waals surface area contributed by atoms with Gasteiger partial charge in [-0.05, 0) is 32.1 Å². The molecule has 10 nitrogen and oxygen atoms in total. The lowest BCUT2D eigenvalue weighted by atomic mass is 9.99. The van der Waals surface area contributed by atoms with Crippen molar-refractivity contribution in [1.29, 1.82) is 0 Å². The molecule has 1 saturated heterocycles. The van der Waals surface area contributed by atoms with Gasteiger partial charge in [0.05, 0.1) is 25.4 Å². The van der Waals surface area contributed by atoms with Gasteiger partial charge in [0.1, 0.15) is 30.5 Å². The minimum Gasteiger partial charge on any atom is -0.394 e. The molecular weight excluding hydrogens is 686 g/mol. The van der Waals surface area contributed by atoms with Crippen molar-refractivity contribution in [2.24, 2.45) is 0 Å². The predicted octanol–water partition coefficient (Wildman–Crippen LogP) is 7.69. The monoisotopic (exact) mass is 770 g/mol. The van der Waals surface area contributed by atoms with Crippen LogP contribution in [0.15, 0.2) is 24.3 Å². The van der Waals surface area contributed by atoms with E-state index in [1.807, 2.05) is 6.08 Å². The van der Waals surface area contributed by atoms with Gasteiger partial charge in [0, 0.05) is 0 Å². The minimum absolute atomic E-state index is 0.307. The first-order chi connectivity index (χ1) is 26.3. The fourth-order valence-electron chi connectivity index (χ4n) is 6.94. The fourth-order valence-corrected chi connectivity index (χ4v) is 6.94. The van der Waals surface area contributed by atoms with E-state index in [1.54, 1.807) is 6.08 Å². The molecule has 1 amide bonds. The van der Waals surface area contributed by atoms with E-state index >= 15 is 0 Å².